The first-order chi connectivity index (χ1) is 5.38. The molecular formula is C10H17N. The molecule has 0 radical (unpaired) electrons. The molecule has 0 N–H and O–H groups in total. The number of nitrogens with zero attached hydrogens (tertiary/aromatic N) is 1. The predicted octanol–water partition coefficient (Wildman–Crippen LogP) is 2.66. The molecule has 2 rings (SSSR count). The third-order valence-corrected chi connectivity index (χ3v) is 3.21. The maximum Gasteiger partial charge on any atom is 0.0391 e. The van der Waals surface area contributed by atoms with Crippen LogP contribution in [0.1, 0.15) is 39.0 Å². The number of hydrogen-bond acceptors (Lipinski definition) is 1. The molecule has 0 aromatic carbocycles. The van der Waals surface area contributed by atoms with Crippen molar-refractivity contribution in [2.75, 3.05) is 6.54 Å². The second kappa shape index (κ2) is 2.96. The first-order valence-electron chi connectivity index (χ1n) is 4.91. The minimum Gasteiger partial charge on any atom is -0.294 e. The maximum atomic E-state index is 4.62. The van der Waals surface area contributed by atoms with Crippen LogP contribution < -0.4 is 0 Å². The van der Waals surface area contributed by atoms with Crippen molar-refractivity contribution in [3.8, 4) is 0 Å². The average Bonchev–Trinajstić information content (AvgIpc) is 2.06. The van der Waals surface area contributed by atoms with Crippen molar-refractivity contribution >= 4 is 5.71 Å². The van der Waals surface area contributed by atoms with Crippen LogP contribution in [0, 0.1) is 11.8 Å². The van der Waals surface area contributed by atoms with Crippen molar-refractivity contribution in [3.05, 3.63) is 0 Å². The normalized spacial score (nSPS) is 37.7. The van der Waals surface area contributed by atoms with Crippen LogP contribution in [0.2, 0.25) is 0 Å². The highest BCUT2D eigenvalue weighted by Crippen LogP contribution is 2.32. The first kappa shape index (κ1) is 7.33. The van der Waals surface area contributed by atoms with Crippen LogP contribution in [0.15, 0.2) is 4.99 Å². The number of aliphatic imine (C=N–C) groups is 1. The number of rotatable bonds is 0. The van der Waals surface area contributed by atoms with Gasteiger partial charge in [-0.15, -0.1) is 0 Å². The van der Waals surface area contributed by atoms with Crippen LogP contribution in [0.25, 0.3) is 0 Å². The molecule has 1 fully saturated rings. The van der Waals surface area contributed by atoms with Crippen molar-refractivity contribution in [3.63, 3.8) is 0 Å². The molecule has 0 amide bonds. The van der Waals surface area contributed by atoms with E-state index in [4.69, 9.17) is 0 Å². The molecule has 1 aliphatic carbocycles. The Morgan fingerprint density at radius 2 is 2.18 bits per heavy atom. The maximum absolute atomic E-state index is 4.62. The van der Waals surface area contributed by atoms with Crippen molar-refractivity contribution < 1.29 is 0 Å². The van der Waals surface area contributed by atoms with Crippen molar-refractivity contribution in [2.24, 2.45) is 16.8 Å². The van der Waals surface area contributed by atoms with E-state index in [2.05, 4.69) is 11.9 Å². The van der Waals surface area contributed by atoms with Gasteiger partial charge in [-0.2, -0.15) is 0 Å². The summed E-state index contributed by atoms with van der Waals surface area (Å²) in [5, 5.41) is 0. The van der Waals surface area contributed by atoms with E-state index < -0.39 is 0 Å². The molecule has 1 heterocycles. The molecule has 11 heavy (non-hydrogen) atoms. The van der Waals surface area contributed by atoms with Crippen LogP contribution in [0.3, 0.4) is 0 Å². The van der Waals surface area contributed by atoms with Crippen LogP contribution >= 0.6 is 0 Å². The van der Waals surface area contributed by atoms with E-state index in [0.29, 0.717) is 0 Å². The molecule has 1 saturated carbocycles. The Morgan fingerprint density at radius 1 is 1.27 bits per heavy atom. The zero-order chi connectivity index (χ0) is 7.68. The zero-order valence-corrected chi connectivity index (χ0v) is 7.34. The Labute approximate surface area is 68.9 Å². The SMILES string of the molecule is C[C@H]1CCN=C2CCCC[C@H]21. The van der Waals surface area contributed by atoms with Crippen LogP contribution in [0.4, 0.5) is 0 Å². The fraction of sp³-hybridized carbons (Fsp3) is 0.900. The summed E-state index contributed by atoms with van der Waals surface area (Å²) in [6.45, 7) is 3.50. The van der Waals surface area contributed by atoms with Crippen LogP contribution in [0.5, 0.6) is 0 Å². The smallest absolute Gasteiger partial charge is 0.0391 e. The Morgan fingerprint density at radius 3 is 3.00 bits per heavy atom. The Bertz CT molecular complexity index is 172. The summed E-state index contributed by atoms with van der Waals surface area (Å²) < 4.78 is 0. The quantitative estimate of drug-likeness (QED) is 0.504. The van der Waals surface area contributed by atoms with Crippen LogP contribution in [-0.2, 0) is 0 Å². The highest BCUT2D eigenvalue weighted by molar-refractivity contribution is 5.88. The van der Waals surface area contributed by atoms with Crippen molar-refractivity contribution in [2.45, 2.75) is 39.0 Å². The van der Waals surface area contributed by atoms with Gasteiger partial charge in [0.05, 0.1) is 0 Å². The molecule has 0 aromatic heterocycles. The topological polar surface area (TPSA) is 12.4 Å². The number of hydrogen-bond donors (Lipinski definition) is 0. The van der Waals surface area contributed by atoms with E-state index in [9.17, 15) is 0 Å². The Balaban J connectivity index is 2.13. The van der Waals surface area contributed by atoms with Gasteiger partial charge in [-0.25, -0.2) is 0 Å². The van der Waals surface area contributed by atoms with Crippen molar-refractivity contribution in [1.82, 2.24) is 0 Å². The molecule has 0 saturated heterocycles. The molecule has 0 spiro atoms. The van der Waals surface area contributed by atoms with Gasteiger partial charge < -0.3 is 0 Å². The summed E-state index contributed by atoms with van der Waals surface area (Å²) in [6, 6.07) is 0. The molecule has 62 valence electrons. The first-order valence-corrected chi connectivity index (χ1v) is 4.91. The monoisotopic (exact) mass is 151 g/mol. The van der Waals surface area contributed by atoms with E-state index in [1.54, 1.807) is 5.71 Å². The minimum atomic E-state index is 0.873. The van der Waals surface area contributed by atoms with Gasteiger partial charge in [-0.1, -0.05) is 13.3 Å². The summed E-state index contributed by atoms with van der Waals surface area (Å²) in [5.74, 6) is 1.79. The van der Waals surface area contributed by atoms with Gasteiger partial charge in [-0.05, 0) is 37.5 Å². The van der Waals surface area contributed by atoms with Gasteiger partial charge in [0.2, 0.25) is 0 Å². The molecule has 1 heteroatoms. The highest BCUT2D eigenvalue weighted by atomic mass is 14.8. The minimum absolute atomic E-state index is 0.873. The predicted molar refractivity (Wildman–Crippen MR) is 48.0 cm³/mol. The molecule has 0 aromatic rings. The summed E-state index contributed by atoms with van der Waals surface area (Å²) in [4.78, 5) is 4.62. The van der Waals surface area contributed by atoms with Gasteiger partial charge in [0, 0.05) is 12.3 Å². The lowest BCUT2D eigenvalue weighted by Crippen LogP contribution is -2.29. The molecule has 0 bridgehead atoms. The third-order valence-electron chi connectivity index (χ3n) is 3.21. The summed E-state index contributed by atoms with van der Waals surface area (Å²) in [7, 11) is 0. The van der Waals surface area contributed by atoms with Crippen molar-refractivity contribution in [1.29, 1.82) is 0 Å². The standard InChI is InChI=1S/C10H17N/c1-8-6-7-11-10-5-3-2-4-9(8)10/h8-9H,2-7H2,1H3/t8-,9-/m0/s1. The van der Waals surface area contributed by atoms with E-state index in [1.807, 2.05) is 0 Å². The lowest BCUT2D eigenvalue weighted by Gasteiger charge is -2.32. The van der Waals surface area contributed by atoms with Gasteiger partial charge >= 0.3 is 0 Å². The Kier molecular flexibility index (Phi) is 1.97. The molecular weight excluding hydrogens is 134 g/mol. The summed E-state index contributed by atoms with van der Waals surface area (Å²) >= 11 is 0. The molecule has 0 unspecified atom stereocenters. The summed E-state index contributed by atoms with van der Waals surface area (Å²) in [5.41, 5.74) is 1.55. The number of fused-ring (bicyclic) bond motifs is 1. The lowest BCUT2D eigenvalue weighted by molar-refractivity contribution is 0.356. The fourth-order valence-corrected chi connectivity index (χ4v) is 2.44. The summed E-state index contributed by atoms with van der Waals surface area (Å²) in [6.07, 6.45) is 6.87. The third kappa shape index (κ3) is 1.33. The molecule has 2 aliphatic rings. The largest absolute Gasteiger partial charge is 0.294 e. The van der Waals surface area contributed by atoms with E-state index in [0.717, 1.165) is 18.4 Å². The second-order valence-electron chi connectivity index (χ2n) is 3.99. The second-order valence-corrected chi connectivity index (χ2v) is 3.99. The molecule has 1 aliphatic heterocycles. The molecule has 2 atom stereocenters. The van der Waals surface area contributed by atoms with Gasteiger partial charge in [0.1, 0.15) is 0 Å². The van der Waals surface area contributed by atoms with Gasteiger partial charge in [-0.3, -0.25) is 4.99 Å². The van der Waals surface area contributed by atoms with Crippen LogP contribution in [-0.4, -0.2) is 12.3 Å². The zero-order valence-electron chi connectivity index (χ0n) is 7.34. The van der Waals surface area contributed by atoms with E-state index in [-0.39, 0.29) is 0 Å². The Hall–Kier alpha value is -0.330. The van der Waals surface area contributed by atoms with E-state index >= 15 is 0 Å². The fourth-order valence-electron chi connectivity index (χ4n) is 2.44. The van der Waals surface area contributed by atoms with E-state index in [1.165, 1.54) is 32.1 Å². The molecule has 1 nitrogen and oxygen atoms in total. The highest BCUT2D eigenvalue weighted by Gasteiger charge is 2.27. The van der Waals surface area contributed by atoms with Gasteiger partial charge in [0.25, 0.3) is 0 Å². The average molecular weight is 151 g/mol. The lowest BCUT2D eigenvalue weighted by atomic mass is 9.76. The van der Waals surface area contributed by atoms with Gasteiger partial charge in [0.15, 0.2) is 0 Å².